The molecule has 0 aliphatic heterocycles. The predicted molar refractivity (Wildman–Crippen MR) is 55.1 cm³/mol. The van der Waals surface area contributed by atoms with Crippen LogP contribution in [0.15, 0.2) is 12.2 Å². The van der Waals surface area contributed by atoms with Crippen molar-refractivity contribution in [2.75, 3.05) is 27.4 Å². The number of ether oxygens (including phenoxy) is 2. The van der Waals surface area contributed by atoms with E-state index in [4.69, 9.17) is 9.47 Å². The van der Waals surface area contributed by atoms with Crippen LogP contribution < -0.4 is 5.32 Å². The predicted octanol–water partition coefficient (Wildman–Crippen LogP) is 0.730. The summed E-state index contributed by atoms with van der Waals surface area (Å²) in [5.74, 6) is -0.257. The number of hydrogen-bond acceptors (Lipinski definition) is 4. The normalized spacial score (nSPS) is 13.1. The molecule has 1 N–H and O–H groups in total. The largest absolute Gasteiger partial charge is 0.462 e. The maximum Gasteiger partial charge on any atom is 0.302 e. The van der Waals surface area contributed by atoms with Crippen molar-refractivity contribution >= 4 is 5.97 Å². The molecule has 1 atom stereocenters. The molecule has 0 aromatic rings. The van der Waals surface area contributed by atoms with Gasteiger partial charge in [-0.15, -0.1) is 0 Å². The second kappa shape index (κ2) is 8.72. The smallest absolute Gasteiger partial charge is 0.302 e. The summed E-state index contributed by atoms with van der Waals surface area (Å²) in [6.45, 7) is 2.44. The minimum Gasteiger partial charge on any atom is -0.462 e. The minimum atomic E-state index is -0.257. The van der Waals surface area contributed by atoms with Crippen molar-refractivity contribution in [3.8, 4) is 0 Å². The highest BCUT2D eigenvalue weighted by Gasteiger charge is 1.99. The van der Waals surface area contributed by atoms with E-state index in [0.29, 0.717) is 13.2 Å². The molecule has 0 aliphatic carbocycles. The van der Waals surface area contributed by atoms with Crippen LogP contribution in [0.5, 0.6) is 0 Å². The summed E-state index contributed by atoms with van der Waals surface area (Å²) in [7, 11) is 3.56. The third-order valence-corrected chi connectivity index (χ3v) is 1.75. The van der Waals surface area contributed by atoms with Crippen molar-refractivity contribution in [3.63, 3.8) is 0 Å². The quantitative estimate of drug-likeness (QED) is 0.487. The molecule has 0 aromatic carbocycles. The van der Waals surface area contributed by atoms with Gasteiger partial charge in [0.1, 0.15) is 6.61 Å². The van der Waals surface area contributed by atoms with E-state index in [2.05, 4.69) is 5.32 Å². The van der Waals surface area contributed by atoms with Crippen molar-refractivity contribution in [3.05, 3.63) is 12.2 Å². The second-order valence-electron chi connectivity index (χ2n) is 2.91. The molecule has 0 fully saturated rings. The highest BCUT2D eigenvalue weighted by Crippen LogP contribution is 1.94. The number of methoxy groups -OCH3 is 1. The van der Waals surface area contributed by atoms with Crippen LogP contribution in [0.4, 0.5) is 0 Å². The molecule has 0 amide bonds. The van der Waals surface area contributed by atoms with E-state index in [9.17, 15) is 4.79 Å². The molecule has 0 heterocycles. The molecule has 0 saturated carbocycles. The maximum atomic E-state index is 10.4. The van der Waals surface area contributed by atoms with Crippen LogP contribution >= 0.6 is 0 Å². The number of rotatable bonds is 7. The average molecular weight is 201 g/mol. The van der Waals surface area contributed by atoms with E-state index in [-0.39, 0.29) is 12.0 Å². The maximum absolute atomic E-state index is 10.4. The molecule has 1 unspecified atom stereocenters. The Kier molecular flexibility index (Phi) is 8.17. The molecule has 0 aliphatic rings. The molecule has 0 radical (unpaired) electrons. The number of nitrogens with one attached hydrogen (secondary N) is 1. The van der Waals surface area contributed by atoms with Crippen molar-refractivity contribution in [1.82, 2.24) is 5.32 Å². The van der Waals surface area contributed by atoms with Crippen LogP contribution in [0.3, 0.4) is 0 Å². The summed E-state index contributed by atoms with van der Waals surface area (Å²) in [6.07, 6.45) is 4.71. The third-order valence-electron chi connectivity index (χ3n) is 1.75. The highest BCUT2D eigenvalue weighted by atomic mass is 16.5. The lowest BCUT2D eigenvalue weighted by molar-refractivity contribution is -0.139. The van der Waals surface area contributed by atoms with Gasteiger partial charge >= 0.3 is 5.97 Å². The van der Waals surface area contributed by atoms with Crippen LogP contribution in [0.1, 0.15) is 13.3 Å². The van der Waals surface area contributed by atoms with Gasteiger partial charge in [0.25, 0.3) is 0 Å². The van der Waals surface area contributed by atoms with Gasteiger partial charge in [-0.05, 0) is 19.5 Å². The van der Waals surface area contributed by atoms with E-state index in [1.165, 1.54) is 6.92 Å². The summed E-state index contributed by atoms with van der Waals surface area (Å²) in [5.41, 5.74) is 0. The van der Waals surface area contributed by atoms with Gasteiger partial charge in [-0.1, -0.05) is 6.08 Å². The zero-order valence-electron chi connectivity index (χ0n) is 9.08. The average Bonchev–Trinajstić information content (AvgIpc) is 2.16. The van der Waals surface area contributed by atoms with Crippen molar-refractivity contribution < 1.29 is 14.3 Å². The molecular weight excluding hydrogens is 182 g/mol. The lowest BCUT2D eigenvalue weighted by atomic mass is 10.2. The van der Waals surface area contributed by atoms with E-state index >= 15 is 0 Å². The molecular formula is C10H19NO3. The number of likely N-dealkylation sites (N-methyl/N-ethyl adjacent to an activating group) is 1. The third kappa shape index (κ3) is 7.76. The Labute approximate surface area is 85.3 Å². The molecule has 4 heteroatoms. The summed E-state index contributed by atoms with van der Waals surface area (Å²) < 4.78 is 9.72. The summed E-state index contributed by atoms with van der Waals surface area (Å²) in [6, 6.07) is 0.269. The fourth-order valence-corrected chi connectivity index (χ4v) is 0.967. The van der Waals surface area contributed by atoms with Crippen molar-refractivity contribution in [2.24, 2.45) is 0 Å². The van der Waals surface area contributed by atoms with Gasteiger partial charge < -0.3 is 14.8 Å². The lowest BCUT2D eigenvalue weighted by Gasteiger charge is -2.10. The van der Waals surface area contributed by atoms with Crippen molar-refractivity contribution in [1.29, 1.82) is 0 Å². The standard InChI is InChI=1S/C10H19NO3/c1-9(12)14-7-4-5-10(11-2)6-8-13-3/h4-5,10-11H,6-8H2,1-3H3/b5-4+. The SMILES string of the molecule is CNC(/C=C/COC(C)=O)CCOC. The number of carbonyl (C=O) groups is 1. The van der Waals surface area contributed by atoms with Crippen LogP contribution in [0.2, 0.25) is 0 Å². The molecule has 0 spiro atoms. The van der Waals surface area contributed by atoms with E-state index in [1.807, 2.05) is 19.2 Å². The Hall–Kier alpha value is -0.870. The van der Waals surface area contributed by atoms with Crippen LogP contribution in [-0.4, -0.2) is 39.4 Å². The summed E-state index contributed by atoms with van der Waals surface area (Å²) in [5, 5.41) is 3.12. The Balaban J connectivity index is 3.62. The zero-order valence-corrected chi connectivity index (χ0v) is 9.08. The fourth-order valence-electron chi connectivity index (χ4n) is 0.967. The van der Waals surface area contributed by atoms with Gasteiger partial charge in [-0.2, -0.15) is 0 Å². The Morgan fingerprint density at radius 2 is 2.29 bits per heavy atom. The highest BCUT2D eigenvalue weighted by molar-refractivity contribution is 5.65. The molecule has 0 saturated heterocycles. The first kappa shape index (κ1) is 13.1. The van der Waals surface area contributed by atoms with Crippen LogP contribution in [-0.2, 0) is 14.3 Å². The van der Waals surface area contributed by atoms with E-state index in [1.54, 1.807) is 7.11 Å². The van der Waals surface area contributed by atoms with Crippen LogP contribution in [0.25, 0.3) is 0 Å². The van der Waals surface area contributed by atoms with Gasteiger partial charge in [0.05, 0.1) is 0 Å². The van der Waals surface area contributed by atoms with Gasteiger partial charge in [-0.3, -0.25) is 4.79 Å². The first-order valence-corrected chi connectivity index (χ1v) is 4.67. The van der Waals surface area contributed by atoms with Crippen LogP contribution in [0, 0.1) is 0 Å². The molecule has 4 nitrogen and oxygen atoms in total. The first-order valence-electron chi connectivity index (χ1n) is 4.67. The van der Waals surface area contributed by atoms with Crippen molar-refractivity contribution in [2.45, 2.75) is 19.4 Å². The van der Waals surface area contributed by atoms with Gasteiger partial charge in [0.15, 0.2) is 0 Å². The molecule has 14 heavy (non-hydrogen) atoms. The monoisotopic (exact) mass is 201 g/mol. The first-order chi connectivity index (χ1) is 6.70. The Morgan fingerprint density at radius 1 is 1.57 bits per heavy atom. The Morgan fingerprint density at radius 3 is 2.79 bits per heavy atom. The van der Waals surface area contributed by atoms with E-state index < -0.39 is 0 Å². The Bertz CT molecular complexity index is 180. The zero-order chi connectivity index (χ0) is 10.8. The molecule has 0 rings (SSSR count). The summed E-state index contributed by atoms with van der Waals surface area (Å²) >= 11 is 0. The number of esters is 1. The van der Waals surface area contributed by atoms with E-state index in [0.717, 1.165) is 6.42 Å². The fraction of sp³-hybridized carbons (Fsp3) is 0.700. The van der Waals surface area contributed by atoms with Gasteiger partial charge in [0, 0.05) is 26.7 Å². The number of carbonyl (C=O) groups excluding carboxylic acids is 1. The van der Waals surface area contributed by atoms with Gasteiger partial charge in [0.2, 0.25) is 0 Å². The summed E-state index contributed by atoms with van der Waals surface area (Å²) in [4.78, 5) is 10.4. The second-order valence-corrected chi connectivity index (χ2v) is 2.91. The lowest BCUT2D eigenvalue weighted by Crippen LogP contribution is -2.24. The molecule has 0 bridgehead atoms. The minimum absolute atomic E-state index is 0.257. The van der Waals surface area contributed by atoms with Gasteiger partial charge in [-0.25, -0.2) is 0 Å². The number of hydrogen-bond donors (Lipinski definition) is 1. The topological polar surface area (TPSA) is 47.6 Å². The molecule has 82 valence electrons. The molecule has 0 aromatic heterocycles.